The van der Waals surface area contributed by atoms with Gasteiger partial charge >= 0.3 is 12.3 Å². The van der Waals surface area contributed by atoms with Gasteiger partial charge in [-0.2, -0.15) is 22.0 Å². The number of aromatic nitrogens is 1. The molecule has 12 heteroatoms. The molecular weight excluding hydrogens is 519 g/mol. The number of ether oxygens (including phenoxy) is 1. The fraction of sp³-hybridized carbons (Fsp3) is 0.308. The second kappa shape index (κ2) is 11.8. The van der Waals surface area contributed by atoms with Crippen molar-refractivity contribution in [1.29, 1.82) is 0 Å². The Morgan fingerprint density at radius 2 is 1.63 bits per heavy atom. The molecule has 38 heavy (non-hydrogen) atoms. The van der Waals surface area contributed by atoms with Gasteiger partial charge in [0.25, 0.3) is 0 Å². The third kappa shape index (κ3) is 7.91. The Balaban J connectivity index is 1.95. The van der Waals surface area contributed by atoms with Crippen molar-refractivity contribution in [2.45, 2.75) is 44.1 Å². The topological polar surface area (TPSA) is 63.2 Å². The molecule has 0 unspecified atom stereocenters. The van der Waals surface area contributed by atoms with E-state index < -0.39 is 53.4 Å². The second-order valence-corrected chi connectivity index (χ2v) is 8.51. The van der Waals surface area contributed by atoms with Gasteiger partial charge in [-0.05, 0) is 59.9 Å². The summed E-state index contributed by atoms with van der Waals surface area (Å²) >= 11 is 0. The molecule has 1 heterocycles. The van der Waals surface area contributed by atoms with Crippen LogP contribution >= 0.6 is 0 Å². The van der Waals surface area contributed by atoms with Crippen molar-refractivity contribution in [2.75, 3.05) is 7.05 Å². The van der Waals surface area contributed by atoms with Gasteiger partial charge in [0.15, 0.2) is 11.6 Å². The van der Waals surface area contributed by atoms with Crippen molar-refractivity contribution in [1.82, 2.24) is 15.6 Å². The van der Waals surface area contributed by atoms with E-state index in [-0.39, 0.29) is 18.4 Å². The highest BCUT2D eigenvalue weighted by atomic mass is 19.4. The monoisotopic (exact) mass is 543 g/mol. The number of hydrogen-bond acceptors (Lipinski definition) is 4. The lowest BCUT2D eigenvalue weighted by atomic mass is 9.96. The second-order valence-electron chi connectivity index (χ2n) is 8.51. The van der Waals surface area contributed by atoms with Crippen LogP contribution in [0.5, 0.6) is 5.75 Å². The van der Waals surface area contributed by atoms with Crippen LogP contribution < -0.4 is 15.4 Å². The summed E-state index contributed by atoms with van der Waals surface area (Å²) in [7, 11) is 1.39. The van der Waals surface area contributed by atoms with Crippen molar-refractivity contribution in [3.63, 3.8) is 0 Å². The van der Waals surface area contributed by atoms with Gasteiger partial charge in [0.2, 0.25) is 5.91 Å². The summed E-state index contributed by atoms with van der Waals surface area (Å²) in [6, 6.07) is 8.61. The molecule has 1 aromatic heterocycles. The highest BCUT2D eigenvalue weighted by molar-refractivity contribution is 5.83. The third-order valence-electron chi connectivity index (χ3n) is 5.56. The van der Waals surface area contributed by atoms with Crippen LogP contribution in [-0.2, 0) is 17.4 Å². The molecule has 2 atom stereocenters. The Bertz CT molecular complexity index is 1230. The van der Waals surface area contributed by atoms with E-state index in [9.17, 15) is 35.5 Å². The smallest absolute Gasteiger partial charge is 0.430 e. The third-order valence-corrected chi connectivity index (χ3v) is 5.56. The SMILES string of the molecule is CNC(=O)[C@H](N[C@@H](CCc1ccc(C(F)(F)F)nc1)c1ccc(F)c(OC(C)(F)F)c1)c1ccc(F)cc1. The van der Waals surface area contributed by atoms with Gasteiger partial charge < -0.3 is 10.1 Å². The molecule has 0 bridgehead atoms. The predicted molar refractivity (Wildman–Crippen MR) is 124 cm³/mol. The lowest BCUT2D eigenvalue weighted by molar-refractivity contribution is -0.160. The zero-order chi connectivity index (χ0) is 28.1. The summed E-state index contributed by atoms with van der Waals surface area (Å²) in [6.45, 7) is 0.447. The van der Waals surface area contributed by atoms with Crippen molar-refractivity contribution in [2.24, 2.45) is 0 Å². The molecule has 0 saturated heterocycles. The number of carbonyl (C=O) groups excluding carboxylic acids is 1. The predicted octanol–water partition coefficient (Wildman–Crippen LogP) is 6.12. The molecule has 3 rings (SSSR count). The first-order valence-electron chi connectivity index (χ1n) is 11.4. The van der Waals surface area contributed by atoms with Crippen molar-refractivity contribution in [3.05, 3.63) is 94.8 Å². The number of rotatable bonds is 10. The number of likely N-dealkylation sites (N-methyl/N-ethyl adjacent to an activating group) is 1. The van der Waals surface area contributed by atoms with Crippen molar-refractivity contribution in [3.8, 4) is 5.75 Å². The van der Waals surface area contributed by atoms with Crippen molar-refractivity contribution < 1.29 is 40.3 Å². The van der Waals surface area contributed by atoms with Crippen molar-refractivity contribution >= 4 is 5.91 Å². The Hall–Kier alpha value is -3.67. The minimum absolute atomic E-state index is 0.134. The first kappa shape index (κ1) is 28.9. The average Bonchev–Trinajstić information content (AvgIpc) is 2.85. The Morgan fingerprint density at radius 3 is 2.18 bits per heavy atom. The number of pyridine rings is 1. The molecule has 204 valence electrons. The molecule has 2 aromatic carbocycles. The zero-order valence-electron chi connectivity index (χ0n) is 20.3. The summed E-state index contributed by atoms with van der Waals surface area (Å²) in [5.74, 6) is -2.80. The van der Waals surface area contributed by atoms with E-state index in [4.69, 9.17) is 0 Å². The van der Waals surface area contributed by atoms with E-state index in [0.29, 0.717) is 18.1 Å². The first-order valence-corrected chi connectivity index (χ1v) is 11.4. The summed E-state index contributed by atoms with van der Waals surface area (Å²) in [5.41, 5.74) is 0.0154. The quantitative estimate of drug-likeness (QED) is 0.303. The first-order chi connectivity index (χ1) is 17.8. The molecular formula is C26H24F7N3O2. The standard InChI is InChI=1S/C26H24F7N3O2/c1-25(29,30)38-21-13-17(7-10-19(21)28)20(11-3-15-4-12-22(35-14-15)26(31,32)33)36-23(24(37)34-2)16-5-8-18(27)9-6-16/h4-10,12-14,20,23,36H,3,11H2,1-2H3,(H,34,37)/t20-,23+/m0/s1. The zero-order valence-corrected chi connectivity index (χ0v) is 20.3. The summed E-state index contributed by atoms with van der Waals surface area (Å²) < 4.78 is 97.6. The number of amides is 1. The van der Waals surface area contributed by atoms with Gasteiger partial charge in [0.05, 0.1) is 0 Å². The number of benzene rings is 2. The van der Waals surface area contributed by atoms with E-state index in [0.717, 1.165) is 36.5 Å². The molecule has 0 aliphatic carbocycles. The van der Waals surface area contributed by atoms with Gasteiger partial charge in [-0.1, -0.05) is 24.3 Å². The van der Waals surface area contributed by atoms with E-state index in [1.807, 2.05) is 0 Å². The average molecular weight is 543 g/mol. The molecule has 1 amide bonds. The number of nitrogens with one attached hydrogen (secondary N) is 2. The van der Waals surface area contributed by atoms with Gasteiger partial charge in [0, 0.05) is 26.2 Å². The number of hydrogen-bond donors (Lipinski definition) is 2. The largest absolute Gasteiger partial charge is 0.433 e. The molecule has 2 N–H and O–H groups in total. The van der Waals surface area contributed by atoms with Crippen LogP contribution in [0.1, 0.15) is 47.8 Å². The van der Waals surface area contributed by atoms with Crippen LogP contribution in [0.4, 0.5) is 30.7 Å². The molecule has 0 fully saturated rings. The molecule has 0 radical (unpaired) electrons. The maximum atomic E-state index is 14.2. The highest BCUT2D eigenvalue weighted by Gasteiger charge is 2.32. The number of carbonyl (C=O) groups is 1. The summed E-state index contributed by atoms with van der Waals surface area (Å²) in [5, 5.41) is 5.56. The highest BCUT2D eigenvalue weighted by Crippen LogP contribution is 2.32. The van der Waals surface area contributed by atoms with Crippen LogP contribution in [0.3, 0.4) is 0 Å². The van der Waals surface area contributed by atoms with E-state index >= 15 is 0 Å². The molecule has 0 aliphatic heterocycles. The minimum Gasteiger partial charge on any atom is -0.430 e. The number of alkyl halides is 5. The van der Waals surface area contributed by atoms with Gasteiger partial charge in [-0.15, -0.1) is 0 Å². The van der Waals surface area contributed by atoms with Crippen LogP contribution in [0.15, 0.2) is 60.8 Å². The van der Waals surface area contributed by atoms with E-state index in [1.165, 1.54) is 31.3 Å². The molecule has 0 spiro atoms. The van der Waals surface area contributed by atoms with Gasteiger partial charge in [0.1, 0.15) is 17.6 Å². The molecule has 5 nitrogen and oxygen atoms in total. The lowest BCUT2D eigenvalue weighted by Gasteiger charge is -2.26. The molecule has 0 saturated carbocycles. The van der Waals surface area contributed by atoms with Crippen LogP contribution in [0, 0.1) is 11.6 Å². The normalized spacial score (nSPS) is 13.6. The van der Waals surface area contributed by atoms with E-state index in [1.54, 1.807) is 0 Å². The van der Waals surface area contributed by atoms with Crippen LogP contribution in [-0.4, -0.2) is 24.0 Å². The maximum absolute atomic E-state index is 14.2. The number of aryl methyl sites for hydroxylation is 1. The number of halogens is 7. The van der Waals surface area contributed by atoms with Crippen LogP contribution in [0.25, 0.3) is 0 Å². The maximum Gasteiger partial charge on any atom is 0.433 e. The number of nitrogens with zero attached hydrogens (tertiary/aromatic N) is 1. The lowest BCUT2D eigenvalue weighted by Crippen LogP contribution is -2.38. The summed E-state index contributed by atoms with van der Waals surface area (Å²) in [4.78, 5) is 16.1. The fourth-order valence-corrected chi connectivity index (χ4v) is 3.73. The van der Waals surface area contributed by atoms with Gasteiger partial charge in [-0.3, -0.25) is 15.1 Å². The Morgan fingerprint density at radius 1 is 0.974 bits per heavy atom. The van der Waals surface area contributed by atoms with E-state index in [2.05, 4.69) is 20.4 Å². The van der Waals surface area contributed by atoms with Gasteiger partial charge in [-0.25, -0.2) is 8.78 Å². The molecule has 3 aromatic rings. The van der Waals surface area contributed by atoms with Crippen LogP contribution in [0.2, 0.25) is 0 Å². The fourth-order valence-electron chi connectivity index (χ4n) is 3.73. The molecule has 0 aliphatic rings. The summed E-state index contributed by atoms with van der Waals surface area (Å²) in [6.07, 6.45) is -6.93. The minimum atomic E-state index is -4.61. The Kier molecular flexibility index (Phi) is 8.97. The Labute approximate surface area is 214 Å².